The Labute approximate surface area is 99.6 Å². The van der Waals surface area contributed by atoms with E-state index in [0.29, 0.717) is 11.5 Å². The van der Waals surface area contributed by atoms with Gasteiger partial charge in [-0.15, -0.1) is 0 Å². The minimum Gasteiger partial charge on any atom is -0.363 e. The second kappa shape index (κ2) is 3.78. The van der Waals surface area contributed by atoms with Gasteiger partial charge in [0, 0.05) is 11.7 Å². The number of nitrogens with zero attached hydrogens (tertiary/aromatic N) is 1. The SMILES string of the molecule is Cc1cnc(NC2(C(C)C)CC2)c(Br)c1. The van der Waals surface area contributed by atoms with Crippen LogP contribution in [-0.2, 0) is 0 Å². The van der Waals surface area contributed by atoms with Crippen LogP contribution < -0.4 is 5.32 Å². The number of nitrogens with one attached hydrogen (secondary N) is 1. The highest BCUT2D eigenvalue weighted by Gasteiger charge is 2.45. The van der Waals surface area contributed by atoms with Crippen LogP contribution in [0.25, 0.3) is 0 Å². The van der Waals surface area contributed by atoms with E-state index in [4.69, 9.17) is 0 Å². The Balaban J connectivity index is 2.18. The first kappa shape index (κ1) is 10.9. The Kier molecular flexibility index (Phi) is 2.75. The fourth-order valence-corrected chi connectivity index (χ4v) is 2.41. The molecule has 0 amide bonds. The van der Waals surface area contributed by atoms with Gasteiger partial charge in [0.1, 0.15) is 5.82 Å². The van der Waals surface area contributed by atoms with Crippen molar-refractivity contribution in [2.45, 2.75) is 39.2 Å². The number of halogens is 1. The molecule has 1 aliphatic carbocycles. The van der Waals surface area contributed by atoms with Crippen molar-refractivity contribution in [3.63, 3.8) is 0 Å². The van der Waals surface area contributed by atoms with Crippen LogP contribution in [0.1, 0.15) is 32.3 Å². The molecule has 2 rings (SSSR count). The average molecular weight is 269 g/mol. The van der Waals surface area contributed by atoms with Gasteiger partial charge in [-0.3, -0.25) is 0 Å². The van der Waals surface area contributed by atoms with Crippen LogP contribution in [0.5, 0.6) is 0 Å². The second-order valence-corrected chi connectivity index (χ2v) is 5.63. The largest absolute Gasteiger partial charge is 0.363 e. The predicted molar refractivity (Wildman–Crippen MR) is 67.1 cm³/mol. The van der Waals surface area contributed by atoms with Gasteiger partial charge in [-0.25, -0.2) is 4.98 Å². The highest BCUT2D eigenvalue weighted by Crippen LogP contribution is 2.45. The molecular formula is C12H17BrN2. The molecule has 1 fully saturated rings. The van der Waals surface area contributed by atoms with Gasteiger partial charge in [0.2, 0.25) is 0 Å². The first-order valence-corrected chi connectivity index (χ1v) is 6.23. The van der Waals surface area contributed by atoms with Gasteiger partial charge in [-0.2, -0.15) is 0 Å². The van der Waals surface area contributed by atoms with E-state index in [1.807, 2.05) is 6.20 Å². The molecule has 0 atom stereocenters. The third-order valence-corrected chi connectivity index (χ3v) is 3.84. The Bertz CT molecular complexity index is 370. The lowest BCUT2D eigenvalue weighted by atomic mass is 10.0. The summed E-state index contributed by atoms with van der Waals surface area (Å²) >= 11 is 3.55. The summed E-state index contributed by atoms with van der Waals surface area (Å²) in [5.41, 5.74) is 1.48. The van der Waals surface area contributed by atoms with Crippen LogP contribution in [0.2, 0.25) is 0 Å². The van der Waals surface area contributed by atoms with Gasteiger partial charge in [-0.1, -0.05) is 13.8 Å². The summed E-state index contributed by atoms with van der Waals surface area (Å²) in [7, 11) is 0. The Morgan fingerprint density at radius 1 is 1.47 bits per heavy atom. The Morgan fingerprint density at radius 3 is 2.60 bits per heavy atom. The molecule has 0 aromatic carbocycles. The van der Waals surface area contributed by atoms with E-state index >= 15 is 0 Å². The standard InChI is InChI=1S/C12H17BrN2/c1-8(2)12(4-5-12)15-11-10(13)6-9(3)7-14-11/h6-8H,4-5H2,1-3H3,(H,14,15). The van der Waals surface area contributed by atoms with Gasteiger partial charge in [0.05, 0.1) is 4.47 Å². The topological polar surface area (TPSA) is 24.9 Å². The van der Waals surface area contributed by atoms with E-state index in [0.717, 1.165) is 10.3 Å². The van der Waals surface area contributed by atoms with Crippen molar-refractivity contribution in [1.82, 2.24) is 4.98 Å². The predicted octanol–water partition coefficient (Wildman–Crippen LogP) is 3.75. The number of hydrogen-bond donors (Lipinski definition) is 1. The van der Waals surface area contributed by atoms with Crippen molar-refractivity contribution in [3.8, 4) is 0 Å². The summed E-state index contributed by atoms with van der Waals surface area (Å²) in [6, 6.07) is 2.10. The first-order chi connectivity index (χ1) is 7.03. The Morgan fingerprint density at radius 2 is 2.13 bits per heavy atom. The summed E-state index contributed by atoms with van der Waals surface area (Å²) in [6.07, 6.45) is 4.42. The quantitative estimate of drug-likeness (QED) is 0.903. The summed E-state index contributed by atoms with van der Waals surface area (Å²) in [5, 5.41) is 3.57. The van der Waals surface area contributed by atoms with E-state index in [9.17, 15) is 0 Å². The number of pyridine rings is 1. The van der Waals surface area contributed by atoms with Crippen LogP contribution >= 0.6 is 15.9 Å². The van der Waals surface area contributed by atoms with Gasteiger partial charge in [0.25, 0.3) is 0 Å². The van der Waals surface area contributed by atoms with Crippen molar-refractivity contribution in [1.29, 1.82) is 0 Å². The van der Waals surface area contributed by atoms with Gasteiger partial charge < -0.3 is 5.32 Å². The number of anilines is 1. The monoisotopic (exact) mass is 268 g/mol. The highest BCUT2D eigenvalue weighted by atomic mass is 79.9. The molecule has 1 N–H and O–H groups in total. The van der Waals surface area contributed by atoms with E-state index in [2.05, 4.69) is 53.1 Å². The molecule has 1 aliphatic rings. The van der Waals surface area contributed by atoms with Gasteiger partial charge >= 0.3 is 0 Å². The zero-order valence-electron chi connectivity index (χ0n) is 9.47. The molecule has 0 spiro atoms. The summed E-state index contributed by atoms with van der Waals surface area (Å²) in [5.74, 6) is 1.64. The zero-order valence-corrected chi connectivity index (χ0v) is 11.1. The minimum absolute atomic E-state index is 0.296. The number of aromatic nitrogens is 1. The van der Waals surface area contributed by atoms with Crippen molar-refractivity contribution in [2.75, 3.05) is 5.32 Å². The van der Waals surface area contributed by atoms with Gasteiger partial charge in [-0.05, 0) is 53.2 Å². The molecule has 3 heteroatoms. The lowest BCUT2D eigenvalue weighted by Crippen LogP contribution is -2.28. The van der Waals surface area contributed by atoms with Crippen LogP contribution in [0.4, 0.5) is 5.82 Å². The molecule has 0 bridgehead atoms. The van der Waals surface area contributed by atoms with E-state index in [-0.39, 0.29) is 0 Å². The molecule has 1 aromatic rings. The maximum atomic E-state index is 4.43. The third-order valence-electron chi connectivity index (χ3n) is 3.24. The maximum absolute atomic E-state index is 4.43. The fraction of sp³-hybridized carbons (Fsp3) is 0.583. The van der Waals surface area contributed by atoms with Crippen LogP contribution in [0.15, 0.2) is 16.7 Å². The summed E-state index contributed by atoms with van der Waals surface area (Å²) in [4.78, 5) is 4.43. The second-order valence-electron chi connectivity index (χ2n) is 4.78. The number of rotatable bonds is 3. The lowest BCUT2D eigenvalue weighted by molar-refractivity contribution is 0.510. The smallest absolute Gasteiger partial charge is 0.140 e. The summed E-state index contributed by atoms with van der Waals surface area (Å²) in [6.45, 7) is 6.58. The van der Waals surface area contributed by atoms with Crippen LogP contribution in [0, 0.1) is 12.8 Å². The molecule has 0 radical (unpaired) electrons. The zero-order chi connectivity index (χ0) is 11.1. The van der Waals surface area contributed by atoms with Crippen LogP contribution in [-0.4, -0.2) is 10.5 Å². The fourth-order valence-electron chi connectivity index (χ4n) is 1.84. The van der Waals surface area contributed by atoms with Crippen LogP contribution in [0.3, 0.4) is 0 Å². The maximum Gasteiger partial charge on any atom is 0.140 e. The third kappa shape index (κ3) is 2.17. The molecule has 1 heterocycles. The normalized spacial score (nSPS) is 17.9. The molecular weight excluding hydrogens is 252 g/mol. The van der Waals surface area contributed by atoms with Crippen molar-refractivity contribution in [3.05, 3.63) is 22.3 Å². The molecule has 0 saturated heterocycles. The average Bonchev–Trinajstić information content (AvgIpc) is 2.91. The molecule has 2 nitrogen and oxygen atoms in total. The minimum atomic E-state index is 0.296. The molecule has 15 heavy (non-hydrogen) atoms. The van der Waals surface area contributed by atoms with E-state index in [1.165, 1.54) is 18.4 Å². The summed E-state index contributed by atoms with van der Waals surface area (Å²) < 4.78 is 1.06. The Hall–Kier alpha value is -0.570. The van der Waals surface area contributed by atoms with Crippen molar-refractivity contribution < 1.29 is 0 Å². The molecule has 1 aromatic heterocycles. The van der Waals surface area contributed by atoms with Crippen molar-refractivity contribution >= 4 is 21.7 Å². The molecule has 0 aliphatic heterocycles. The van der Waals surface area contributed by atoms with Crippen molar-refractivity contribution in [2.24, 2.45) is 5.92 Å². The van der Waals surface area contributed by atoms with E-state index in [1.54, 1.807) is 0 Å². The number of aryl methyl sites for hydroxylation is 1. The van der Waals surface area contributed by atoms with Gasteiger partial charge in [0.15, 0.2) is 0 Å². The first-order valence-electron chi connectivity index (χ1n) is 5.44. The lowest BCUT2D eigenvalue weighted by Gasteiger charge is -2.22. The van der Waals surface area contributed by atoms with E-state index < -0.39 is 0 Å². The molecule has 82 valence electrons. The number of hydrogen-bond acceptors (Lipinski definition) is 2. The molecule has 1 saturated carbocycles. The molecule has 0 unspecified atom stereocenters. The highest BCUT2D eigenvalue weighted by molar-refractivity contribution is 9.10.